The van der Waals surface area contributed by atoms with Gasteiger partial charge >= 0.3 is 0 Å². The van der Waals surface area contributed by atoms with E-state index in [0.29, 0.717) is 17.1 Å². The number of aromatic nitrogens is 1. The van der Waals surface area contributed by atoms with Crippen LogP contribution in [0.3, 0.4) is 0 Å². The van der Waals surface area contributed by atoms with Crippen LogP contribution in [0.25, 0.3) is 0 Å². The third-order valence-electron chi connectivity index (χ3n) is 5.99. The van der Waals surface area contributed by atoms with Gasteiger partial charge in [0, 0.05) is 68.7 Å². The van der Waals surface area contributed by atoms with Gasteiger partial charge in [-0.05, 0) is 41.9 Å². The van der Waals surface area contributed by atoms with E-state index < -0.39 is 0 Å². The van der Waals surface area contributed by atoms with Crippen molar-refractivity contribution in [3.63, 3.8) is 0 Å². The summed E-state index contributed by atoms with van der Waals surface area (Å²) in [4.78, 5) is 11.4. The predicted molar refractivity (Wildman–Crippen MR) is 128 cm³/mol. The van der Waals surface area contributed by atoms with Gasteiger partial charge in [0.15, 0.2) is 0 Å². The highest BCUT2D eigenvalue weighted by molar-refractivity contribution is 6.31. The van der Waals surface area contributed by atoms with Gasteiger partial charge in [-0.25, -0.2) is 9.37 Å². The molecular formula is C26H29ClFN4. The van der Waals surface area contributed by atoms with Gasteiger partial charge in [0.1, 0.15) is 11.6 Å². The van der Waals surface area contributed by atoms with Crippen LogP contribution in [0, 0.1) is 11.9 Å². The van der Waals surface area contributed by atoms with Gasteiger partial charge in [0.25, 0.3) is 0 Å². The van der Waals surface area contributed by atoms with Gasteiger partial charge in [-0.1, -0.05) is 48.9 Å². The van der Waals surface area contributed by atoms with Crippen molar-refractivity contribution in [3.05, 3.63) is 94.4 Å². The van der Waals surface area contributed by atoms with Crippen molar-refractivity contribution in [2.24, 2.45) is 0 Å². The number of halogens is 2. The molecule has 0 atom stereocenters. The van der Waals surface area contributed by atoms with E-state index in [-0.39, 0.29) is 5.82 Å². The van der Waals surface area contributed by atoms with Crippen LogP contribution in [0.1, 0.15) is 23.6 Å². The molecule has 0 amide bonds. The van der Waals surface area contributed by atoms with Crippen molar-refractivity contribution in [3.8, 4) is 0 Å². The fourth-order valence-corrected chi connectivity index (χ4v) is 4.28. The minimum Gasteiger partial charge on any atom is -0.354 e. The molecule has 167 valence electrons. The molecule has 1 saturated heterocycles. The Morgan fingerprint density at radius 3 is 2.41 bits per heavy atom. The maximum absolute atomic E-state index is 14.2. The number of piperazine rings is 1. The number of pyridine rings is 1. The number of anilines is 1. The average molecular weight is 452 g/mol. The Kier molecular flexibility index (Phi) is 7.74. The van der Waals surface area contributed by atoms with Gasteiger partial charge in [-0.3, -0.25) is 9.80 Å². The number of rotatable bonds is 8. The maximum Gasteiger partial charge on any atom is 0.136 e. The average Bonchev–Trinajstić information content (AvgIpc) is 2.83. The first-order valence-electron chi connectivity index (χ1n) is 11.2. The summed E-state index contributed by atoms with van der Waals surface area (Å²) in [5.74, 6) is 0.695. The quantitative estimate of drug-likeness (QED) is 0.479. The van der Waals surface area contributed by atoms with E-state index >= 15 is 0 Å². The first-order chi connectivity index (χ1) is 15.6. The van der Waals surface area contributed by atoms with Crippen LogP contribution in [0.2, 0.25) is 5.02 Å². The predicted octanol–water partition coefficient (Wildman–Crippen LogP) is 5.02. The molecular weight excluding hydrogens is 423 g/mol. The lowest BCUT2D eigenvalue weighted by Gasteiger charge is -2.35. The van der Waals surface area contributed by atoms with Crippen LogP contribution in [0.4, 0.5) is 10.2 Å². The number of hydrogen-bond donors (Lipinski definition) is 0. The molecule has 0 spiro atoms. The Morgan fingerprint density at radius 1 is 1.00 bits per heavy atom. The van der Waals surface area contributed by atoms with Gasteiger partial charge in [0.05, 0.1) is 0 Å². The van der Waals surface area contributed by atoms with Crippen LogP contribution >= 0.6 is 11.6 Å². The normalized spacial score (nSPS) is 14.8. The minimum atomic E-state index is -0.243. The Hall–Kier alpha value is -2.47. The van der Waals surface area contributed by atoms with E-state index in [9.17, 15) is 4.39 Å². The Bertz CT molecular complexity index is 968. The molecule has 2 heterocycles. The van der Waals surface area contributed by atoms with Crippen molar-refractivity contribution in [1.82, 2.24) is 14.8 Å². The Balaban J connectivity index is 1.29. The SMILES string of the molecule is CCN(Cc1ccc(CN2CCN(c3[c]cccn3)CC2)cc1)Cc1c(F)cccc1Cl. The second-order valence-corrected chi connectivity index (χ2v) is 8.60. The van der Waals surface area contributed by atoms with Crippen LogP contribution in [-0.4, -0.2) is 47.5 Å². The van der Waals surface area contributed by atoms with Gasteiger partial charge in [-0.2, -0.15) is 0 Å². The van der Waals surface area contributed by atoms with Crippen molar-refractivity contribution >= 4 is 17.4 Å². The fraction of sp³-hybridized carbons (Fsp3) is 0.346. The molecule has 2 aromatic carbocycles. The van der Waals surface area contributed by atoms with Crippen LogP contribution < -0.4 is 4.90 Å². The summed E-state index contributed by atoms with van der Waals surface area (Å²) in [7, 11) is 0. The molecule has 0 bridgehead atoms. The zero-order valence-electron chi connectivity index (χ0n) is 18.5. The fourth-order valence-electron chi connectivity index (χ4n) is 4.06. The highest BCUT2D eigenvalue weighted by Crippen LogP contribution is 2.22. The summed E-state index contributed by atoms with van der Waals surface area (Å²) < 4.78 is 14.2. The smallest absolute Gasteiger partial charge is 0.136 e. The largest absolute Gasteiger partial charge is 0.354 e. The molecule has 0 N–H and O–H groups in total. The van der Waals surface area contributed by atoms with Crippen molar-refractivity contribution in [1.29, 1.82) is 0 Å². The number of nitrogens with zero attached hydrogens (tertiary/aromatic N) is 4. The molecule has 3 aromatic rings. The van der Waals surface area contributed by atoms with E-state index in [4.69, 9.17) is 11.6 Å². The molecule has 0 aliphatic carbocycles. The number of benzene rings is 2. The second kappa shape index (κ2) is 10.9. The zero-order chi connectivity index (χ0) is 22.3. The lowest BCUT2D eigenvalue weighted by atomic mass is 10.1. The van der Waals surface area contributed by atoms with Crippen LogP contribution in [0.5, 0.6) is 0 Å². The third kappa shape index (κ3) is 5.85. The zero-order valence-corrected chi connectivity index (χ0v) is 19.2. The van der Waals surface area contributed by atoms with Crippen LogP contribution in [-0.2, 0) is 19.6 Å². The Morgan fingerprint density at radius 2 is 1.75 bits per heavy atom. The van der Waals surface area contributed by atoms with E-state index in [0.717, 1.165) is 51.6 Å². The van der Waals surface area contributed by atoms with Crippen molar-refractivity contribution < 1.29 is 4.39 Å². The second-order valence-electron chi connectivity index (χ2n) is 8.19. The first-order valence-corrected chi connectivity index (χ1v) is 11.5. The first kappa shape index (κ1) is 22.7. The lowest BCUT2D eigenvalue weighted by molar-refractivity contribution is 0.249. The summed E-state index contributed by atoms with van der Waals surface area (Å²) >= 11 is 6.21. The van der Waals surface area contributed by atoms with E-state index in [2.05, 4.69) is 56.9 Å². The van der Waals surface area contributed by atoms with Crippen LogP contribution in [0.15, 0.2) is 60.8 Å². The molecule has 32 heavy (non-hydrogen) atoms. The Labute approximate surface area is 195 Å². The molecule has 1 aliphatic rings. The van der Waals surface area contributed by atoms with Crippen molar-refractivity contribution in [2.45, 2.75) is 26.6 Å². The van der Waals surface area contributed by atoms with Gasteiger partial charge < -0.3 is 4.90 Å². The molecule has 0 saturated carbocycles. The third-order valence-corrected chi connectivity index (χ3v) is 6.34. The van der Waals surface area contributed by atoms with E-state index in [1.807, 2.05) is 18.3 Å². The highest BCUT2D eigenvalue weighted by atomic mass is 35.5. The van der Waals surface area contributed by atoms with E-state index in [1.165, 1.54) is 17.2 Å². The molecule has 1 fully saturated rings. The topological polar surface area (TPSA) is 22.6 Å². The maximum atomic E-state index is 14.2. The molecule has 4 nitrogen and oxygen atoms in total. The van der Waals surface area contributed by atoms with Gasteiger partial charge in [-0.15, -0.1) is 0 Å². The molecule has 4 rings (SSSR count). The standard InChI is InChI=1S/C26H29ClFN4/c1-2-30(20-23-24(27)6-5-7-25(23)28)18-21-9-11-22(12-10-21)19-31-14-16-32(17-15-31)26-8-3-4-13-29-26/h3-7,9-13H,2,14-20H2,1H3. The monoisotopic (exact) mass is 451 g/mol. The number of hydrogen-bond acceptors (Lipinski definition) is 4. The minimum absolute atomic E-state index is 0.243. The summed E-state index contributed by atoms with van der Waals surface area (Å²) in [6.07, 6.45) is 1.82. The summed E-state index contributed by atoms with van der Waals surface area (Å²) in [5, 5.41) is 0.486. The highest BCUT2D eigenvalue weighted by Gasteiger charge is 2.18. The molecule has 1 radical (unpaired) electrons. The molecule has 6 heteroatoms. The van der Waals surface area contributed by atoms with Gasteiger partial charge in [0.2, 0.25) is 0 Å². The molecule has 0 unspecified atom stereocenters. The molecule has 1 aromatic heterocycles. The lowest BCUT2D eigenvalue weighted by Crippen LogP contribution is -2.46. The summed E-state index contributed by atoms with van der Waals surface area (Å²) in [5.41, 5.74) is 3.10. The van der Waals surface area contributed by atoms with E-state index in [1.54, 1.807) is 12.1 Å². The van der Waals surface area contributed by atoms with Crippen molar-refractivity contribution in [2.75, 3.05) is 37.6 Å². The summed E-state index contributed by atoms with van der Waals surface area (Å²) in [6, 6.07) is 20.7. The summed E-state index contributed by atoms with van der Waals surface area (Å²) in [6.45, 7) is 9.09. The molecule has 1 aliphatic heterocycles.